The highest BCUT2D eigenvalue weighted by Gasteiger charge is 2.31. The van der Waals surface area contributed by atoms with Crippen molar-refractivity contribution in [1.29, 1.82) is 0 Å². The topological polar surface area (TPSA) is 85.2 Å². The lowest BCUT2D eigenvalue weighted by Gasteiger charge is -2.32. The molecular weight excluding hydrogens is 452 g/mol. The van der Waals surface area contributed by atoms with E-state index in [9.17, 15) is 4.79 Å². The van der Waals surface area contributed by atoms with Crippen LogP contribution < -0.4 is 15.0 Å². The van der Waals surface area contributed by atoms with E-state index >= 15 is 0 Å². The molecule has 0 saturated heterocycles. The Kier molecular flexibility index (Phi) is 5.97. The molecule has 8 nitrogen and oxygen atoms in total. The van der Waals surface area contributed by atoms with Gasteiger partial charge in [-0.3, -0.25) is 9.69 Å². The zero-order valence-corrected chi connectivity index (χ0v) is 19.1. The Bertz CT molecular complexity index is 1340. The molecule has 5 rings (SSSR count). The predicted octanol–water partition coefficient (Wildman–Crippen LogP) is 4.42. The summed E-state index contributed by atoms with van der Waals surface area (Å²) in [5.74, 6) is 0.923. The molecule has 0 bridgehead atoms. The third-order valence-corrected chi connectivity index (χ3v) is 5.78. The quantitative estimate of drug-likeness (QED) is 0.447. The molecule has 170 valence electrons. The van der Waals surface area contributed by atoms with Crippen LogP contribution in [0.2, 0.25) is 5.02 Å². The van der Waals surface area contributed by atoms with Crippen LogP contribution in [0.5, 0.6) is 5.75 Å². The van der Waals surface area contributed by atoms with Gasteiger partial charge in [-0.15, -0.1) is 0 Å². The van der Waals surface area contributed by atoms with Gasteiger partial charge in [0.25, 0.3) is 5.95 Å². The van der Waals surface area contributed by atoms with Crippen molar-refractivity contribution in [3.05, 3.63) is 101 Å². The summed E-state index contributed by atoms with van der Waals surface area (Å²) in [6.07, 6.45) is 2.06. The number of hydrogen-bond donors (Lipinski definition) is 1. The molecule has 1 amide bonds. The molecule has 0 aliphatic carbocycles. The van der Waals surface area contributed by atoms with Crippen LogP contribution in [0.25, 0.3) is 5.70 Å². The largest absolute Gasteiger partial charge is 0.497 e. The van der Waals surface area contributed by atoms with E-state index in [-0.39, 0.29) is 18.5 Å². The third kappa shape index (κ3) is 4.35. The fourth-order valence-corrected chi connectivity index (χ4v) is 4.05. The number of carbonyl (C=O) groups excluding carboxylic acids is 1. The van der Waals surface area contributed by atoms with Gasteiger partial charge in [-0.2, -0.15) is 4.68 Å². The fourth-order valence-electron chi connectivity index (χ4n) is 3.92. The maximum Gasteiger partial charge on any atom is 0.251 e. The van der Waals surface area contributed by atoms with E-state index in [1.807, 2.05) is 77.7 Å². The molecule has 0 fully saturated rings. The van der Waals surface area contributed by atoms with Crippen molar-refractivity contribution in [2.45, 2.75) is 6.04 Å². The number of halogens is 1. The number of fused-ring (bicyclic) bond motifs is 1. The summed E-state index contributed by atoms with van der Waals surface area (Å²) >= 11 is 6.10. The van der Waals surface area contributed by atoms with Gasteiger partial charge < -0.3 is 10.1 Å². The summed E-state index contributed by atoms with van der Waals surface area (Å²) in [7, 11) is 1.59. The second kappa shape index (κ2) is 9.36. The number of anilines is 2. The number of aromatic nitrogens is 4. The summed E-state index contributed by atoms with van der Waals surface area (Å²) in [5, 5.41) is 16.0. The first-order valence-electron chi connectivity index (χ1n) is 10.6. The lowest BCUT2D eigenvalue weighted by Crippen LogP contribution is -2.37. The number of benzene rings is 3. The van der Waals surface area contributed by atoms with Gasteiger partial charge in [0.1, 0.15) is 18.3 Å². The van der Waals surface area contributed by atoms with Crippen molar-refractivity contribution in [3.8, 4) is 5.75 Å². The minimum Gasteiger partial charge on any atom is -0.497 e. The smallest absolute Gasteiger partial charge is 0.251 e. The first kappa shape index (κ1) is 21.7. The normalized spacial score (nSPS) is 14.8. The highest BCUT2D eigenvalue weighted by molar-refractivity contribution is 6.30. The summed E-state index contributed by atoms with van der Waals surface area (Å²) in [4.78, 5) is 14.9. The SMILES string of the molecule is COc1cccc(NC(=O)CN2C(c3ccccc3)=C[C@H](c3ccc(Cl)cc3)n3nnnc32)c1. The summed E-state index contributed by atoms with van der Waals surface area (Å²) < 4.78 is 6.95. The van der Waals surface area contributed by atoms with Crippen LogP contribution in [-0.4, -0.2) is 39.8 Å². The Hall–Kier alpha value is -4.17. The Labute approximate surface area is 201 Å². The van der Waals surface area contributed by atoms with Gasteiger partial charge in [0, 0.05) is 16.8 Å². The first-order chi connectivity index (χ1) is 16.6. The molecule has 1 aliphatic heterocycles. The Balaban J connectivity index is 1.51. The number of nitrogens with zero attached hydrogens (tertiary/aromatic N) is 5. The van der Waals surface area contributed by atoms with Crippen LogP contribution in [0.1, 0.15) is 17.2 Å². The minimum atomic E-state index is -0.254. The molecule has 1 atom stereocenters. The number of nitrogens with one attached hydrogen (secondary N) is 1. The number of carbonyl (C=O) groups is 1. The standard InChI is InChI=1S/C25H21ClN6O2/c1-34-21-9-5-8-20(14-21)27-24(33)16-31-22(17-6-3-2-4-7-17)15-23(32-25(31)28-29-30-32)18-10-12-19(26)13-11-18/h2-15,23H,16H2,1H3,(H,27,33)/t23-/m1/s1. The van der Waals surface area contributed by atoms with Crippen molar-refractivity contribution in [3.63, 3.8) is 0 Å². The zero-order chi connectivity index (χ0) is 23.5. The van der Waals surface area contributed by atoms with Crippen LogP contribution in [-0.2, 0) is 4.79 Å². The van der Waals surface area contributed by atoms with E-state index in [1.54, 1.807) is 17.9 Å². The zero-order valence-electron chi connectivity index (χ0n) is 18.3. The third-order valence-electron chi connectivity index (χ3n) is 5.52. The van der Waals surface area contributed by atoms with Gasteiger partial charge >= 0.3 is 0 Å². The molecule has 3 aromatic carbocycles. The van der Waals surface area contributed by atoms with E-state index in [1.165, 1.54) is 0 Å². The lowest BCUT2D eigenvalue weighted by atomic mass is 10.0. The van der Waals surface area contributed by atoms with Crippen LogP contribution in [0.3, 0.4) is 0 Å². The molecular formula is C25H21ClN6O2. The molecule has 0 spiro atoms. The van der Waals surface area contributed by atoms with E-state index in [2.05, 4.69) is 26.9 Å². The van der Waals surface area contributed by atoms with Gasteiger partial charge in [-0.1, -0.05) is 65.2 Å². The number of rotatable bonds is 6. The Morgan fingerprint density at radius 2 is 1.85 bits per heavy atom. The van der Waals surface area contributed by atoms with Gasteiger partial charge in [0.15, 0.2) is 0 Å². The molecule has 0 saturated carbocycles. The molecule has 34 heavy (non-hydrogen) atoms. The highest BCUT2D eigenvalue weighted by Crippen LogP contribution is 2.36. The van der Waals surface area contributed by atoms with Gasteiger partial charge in [-0.05, 0) is 51.9 Å². The van der Waals surface area contributed by atoms with E-state index in [0.29, 0.717) is 22.4 Å². The molecule has 1 aromatic heterocycles. The van der Waals surface area contributed by atoms with Crippen LogP contribution in [0.4, 0.5) is 11.6 Å². The Morgan fingerprint density at radius 1 is 1.06 bits per heavy atom. The molecule has 0 radical (unpaired) electrons. The number of hydrogen-bond acceptors (Lipinski definition) is 6. The summed E-state index contributed by atoms with van der Waals surface area (Å²) in [6.45, 7) is 0.0195. The number of amides is 1. The molecule has 4 aromatic rings. The van der Waals surface area contributed by atoms with Crippen LogP contribution >= 0.6 is 11.6 Å². The second-order valence-corrected chi connectivity index (χ2v) is 8.14. The average Bonchev–Trinajstić information content (AvgIpc) is 3.36. The van der Waals surface area contributed by atoms with Crippen molar-refractivity contribution in [2.75, 3.05) is 23.9 Å². The average molecular weight is 473 g/mol. The maximum absolute atomic E-state index is 13.1. The Morgan fingerprint density at radius 3 is 2.62 bits per heavy atom. The number of ether oxygens (including phenoxy) is 1. The lowest BCUT2D eigenvalue weighted by molar-refractivity contribution is -0.114. The first-order valence-corrected chi connectivity index (χ1v) is 11.0. The van der Waals surface area contributed by atoms with Crippen molar-refractivity contribution in [1.82, 2.24) is 20.2 Å². The second-order valence-electron chi connectivity index (χ2n) is 7.70. The van der Waals surface area contributed by atoms with Gasteiger partial charge in [0.2, 0.25) is 5.91 Å². The van der Waals surface area contributed by atoms with Gasteiger partial charge in [0.05, 0.1) is 12.8 Å². The molecule has 1 N–H and O–H groups in total. The minimum absolute atomic E-state index is 0.0195. The van der Waals surface area contributed by atoms with Crippen molar-refractivity contribution < 1.29 is 9.53 Å². The van der Waals surface area contributed by atoms with E-state index < -0.39 is 0 Å². The summed E-state index contributed by atoms with van der Waals surface area (Å²) in [6, 6.07) is 24.4. The van der Waals surface area contributed by atoms with Gasteiger partial charge in [-0.25, -0.2) is 0 Å². The maximum atomic E-state index is 13.1. The van der Waals surface area contributed by atoms with Crippen LogP contribution in [0, 0.1) is 0 Å². The van der Waals surface area contributed by atoms with Crippen molar-refractivity contribution in [2.24, 2.45) is 0 Å². The molecule has 1 aliphatic rings. The van der Waals surface area contributed by atoms with Crippen LogP contribution in [0.15, 0.2) is 84.9 Å². The number of tetrazole rings is 1. The summed E-state index contributed by atoms with van der Waals surface area (Å²) in [5.41, 5.74) is 3.41. The van der Waals surface area contributed by atoms with Crippen molar-refractivity contribution >= 4 is 34.8 Å². The van der Waals surface area contributed by atoms with E-state index in [0.717, 1.165) is 16.8 Å². The fraction of sp³-hybridized carbons (Fsp3) is 0.120. The number of allylic oxidation sites excluding steroid dienone is 1. The predicted molar refractivity (Wildman–Crippen MR) is 131 cm³/mol. The molecule has 0 unspecified atom stereocenters. The number of methoxy groups -OCH3 is 1. The van der Waals surface area contributed by atoms with E-state index in [4.69, 9.17) is 16.3 Å². The molecule has 2 heterocycles. The highest BCUT2D eigenvalue weighted by atomic mass is 35.5. The monoisotopic (exact) mass is 472 g/mol. The molecule has 9 heteroatoms.